The Labute approximate surface area is 156 Å². The molecule has 2 fully saturated rings. The highest BCUT2D eigenvalue weighted by Gasteiger charge is 2.37. The zero-order chi connectivity index (χ0) is 18.4. The first kappa shape index (κ1) is 16.4. The van der Waals surface area contributed by atoms with Crippen LogP contribution in [0.25, 0.3) is 16.7 Å². The van der Waals surface area contributed by atoms with Gasteiger partial charge in [-0.3, -0.25) is 9.55 Å². The molecule has 2 atom stereocenters. The van der Waals surface area contributed by atoms with Gasteiger partial charge in [0.2, 0.25) is 0 Å². The summed E-state index contributed by atoms with van der Waals surface area (Å²) in [5.41, 5.74) is 2.05. The molecule has 0 amide bonds. The summed E-state index contributed by atoms with van der Waals surface area (Å²) in [6, 6.07) is 8.13. The van der Waals surface area contributed by atoms with Gasteiger partial charge in [-0.05, 0) is 18.9 Å². The number of rotatable bonds is 3. The summed E-state index contributed by atoms with van der Waals surface area (Å²) in [5.74, 6) is -0.134. The van der Waals surface area contributed by atoms with Gasteiger partial charge in [-0.15, -0.1) is 0 Å². The zero-order valence-corrected chi connectivity index (χ0v) is 14.7. The Kier molecular flexibility index (Phi) is 3.91. The van der Waals surface area contributed by atoms with Gasteiger partial charge >= 0.3 is 5.97 Å². The summed E-state index contributed by atoms with van der Waals surface area (Å²) in [6.07, 6.45) is 6.63. The number of fused-ring (bicyclic) bond motifs is 3. The van der Waals surface area contributed by atoms with Crippen molar-refractivity contribution in [2.75, 3.05) is 13.2 Å². The Hall–Kier alpha value is -2.77. The second-order valence-electron chi connectivity index (χ2n) is 7.25. The fourth-order valence-electron chi connectivity index (χ4n) is 4.59. The summed E-state index contributed by atoms with van der Waals surface area (Å²) in [6.45, 7) is 1.33. The molecular weight excluding hydrogens is 344 g/mol. The third kappa shape index (κ3) is 2.70. The van der Waals surface area contributed by atoms with Crippen LogP contribution in [0.5, 0.6) is 0 Å². The summed E-state index contributed by atoms with van der Waals surface area (Å²) < 4.78 is 7.65. The molecule has 138 valence electrons. The first-order chi connectivity index (χ1) is 13.2. The number of carboxylic acid groups (broad SMARTS) is 1. The predicted octanol–water partition coefficient (Wildman–Crippen LogP) is 2.35. The Morgan fingerprint density at radius 1 is 1.19 bits per heavy atom. The largest absolute Gasteiger partial charge is 0.478 e. The van der Waals surface area contributed by atoms with Crippen molar-refractivity contribution in [2.45, 2.75) is 30.8 Å². The first-order valence-electron chi connectivity index (χ1n) is 9.19. The molecule has 2 aliphatic heterocycles. The lowest BCUT2D eigenvalue weighted by molar-refractivity contribution is 0.0173. The average Bonchev–Trinajstić information content (AvgIpc) is 3.04. The molecule has 1 aromatic carbocycles. The monoisotopic (exact) mass is 364 g/mol. The van der Waals surface area contributed by atoms with Crippen LogP contribution < -0.4 is 5.32 Å². The van der Waals surface area contributed by atoms with E-state index in [9.17, 15) is 9.90 Å². The van der Waals surface area contributed by atoms with Crippen molar-refractivity contribution in [3.05, 3.63) is 54.1 Å². The Morgan fingerprint density at radius 3 is 2.67 bits per heavy atom. The van der Waals surface area contributed by atoms with Gasteiger partial charge in [0.1, 0.15) is 0 Å². The second kappa shape index (κ2) is 6.44. The van der Waals surface area contributed by atoms with Crippen LogP contribution in [0.3, 0.4) is 0 Å². The number of morpholine rings is 1. The topological polar surface area (TPSA) is 89.3 Å². The van der Waals surface area contributed by atoms with Crippen LogP contribution in [0.2, 0.25) is 0 Å². The molecule has 2 unspecified atom stereocenters. The number of nitrogens with one attached hydrogen (secondary N) is 1. The fraction of sp³-hybridized carbons (Fsp3) is 0.350. The number of benzene rings is 1. The lowest BCUT2D eigenvalue weighted by atomic mass is 9.83. The highest BCUT2D eigenvalue weighted by Crippen LogP contribution is 2.40. The van der Waals surface area contributed by atoms with Crippen LogP contribution in [0.15, 0.2) is 42.9 Å². The molecule has 4 heterocycles. The number of hydrogen-bond acceptors (Lipinski definition) is 5. The van der Waals surface area contributed by atoms with Crippen LogP contribution >= 0.6 is 0 Å². The Morgan fingerprint density at radius 2 is 1.96 bits per heavy atom. The van der Waals surface area contributed by atoms with Gasteiger partial charge in [0.25, 0.3) is 0 Å². The molecule has 2 aromatic heterocycles. The number of aromatic nitrogens is 3. The molecule has 2 saturated heterocycles. The molecule has 0 saturated carbocycles. The van der Waals surface area contributed by atoms with Crippen molar-refractivity contribution >= 4 is 16.9 Å². The summed E-state index contributed by atoms with van der Waals surface area (Å²) in [7, 11) is 0. The summed E-state index contributed by atoms with van der Waals surface area (Å²) in [4.78, 5) is 20.9. The van der Waals surface area contributed by atoms with Crippen molar-refractivity contribution in [3.63, 3.8) is 0 Å². The van der Waals surface area contributed by atoms with Crippen LogP contribution in [0, 0.1) is 0 Å². The average molecular weight is 364 g/mol. The van der Waals surface area contributed by atoms with Crippen molar-refractivity contribution in [1.29, 1.82) is 0 Å². The van der Waals surface area contributed by atoms with Crippen molar-refractivity contribution in [3.8, 4) is 5.82 Å². The molecule has 2 N–H and O–H groups in total. The van der Waals surface area contributed by atoms with Crippen molar-refractivity contribution in [2.24, 2.45) is 0 Å². The third-order valence-electron chi connectivity index (χ3n) is 5.54. The van der Waals surface area contributed by atoms with Crippen LogP contribution in [0.4, 0.5) is 0 Å². The van der Waals surface area contributed by atoms with E-state index >= 15 is 0 Å². The van der Waals surface area contributed by atoms with E-state index in [2.05, 4.69) is 15.3 Å². The fourth-order valence-corrected chi connectivity index (χ4v) is 4.59. The summed E-state index contributed by atoms with van der Waals surface area (Å²) >= 11 is 0. The van der Waals surface area contributed by atoms with Gasteiger partial charge in [-0.25, -0.2) is 9.78 Å². The number of nitrogens with zero attached hydrogens (tertiary/aromatic N) is 3. The minimum Gasteiger partial charge on any atom is -0.478 e. The van der Waals surface area contributed by atoms with E-state index < -0.39 is 5.97 Å². The lowest BCUT2D eigenvalue weighted by Crippen LogP contribution is -2.53. The number of aromatic carboxylic acids is 1. The molecule has 7 heteroatoms. The molecule has 27 heavy (non-hydrogen) atoms. The number of piperidine rings is 1. The molecule has 7 nitrogen and oxygen atoms in total. The van der Waals surface area contributed by atoms with Crippen LogP contribution in [-0.4, -0.2) is 50.9 Å². The molecule has 0 radical (unpaired) electrons. The normalized spacial score (nSPS) is 24.8. The van der Waals surface area contributed by atoms with Gasteiger partial charge in [-0.2, -0.15) is 0 Å². The van der Waals surface area contributed by atoms with E-state index in [0.717, 1.165) is 29.4 Å². The second-order valence-corrected chi connectivity index (χ2v) is 7.25. The number of para-hydroxylation sites is 1. The standard InChI is InChI=1S/C20H20N4O3/c25-20(26)18-15-3-1-2-4-16(15)24(17-9-21-5-6-22-17)19(18)12-7-13-10-27-11-14(8-12)23-13/h1-6,9,12-14,23H,7-8,10-11H2,(H,25,26). The van der Waals surface area contributed by atoms with Crippen molar-refractivity contribution < 1.29 is 14.6 Å². The number of carboxylic acids is 1. The molecule has 5 rings (SSSR count). The van der Waals surface area contributed by atoms with E-state index in [1.54, 1.807) is 18.6 Å². The smallest absolute Gasteiger partial charge is 0.338 e. The number of ether oxygens (including phenoxy) is 1. The minimum atomic E-state index is -0.899. The number of hydrogen-bond donors (Lipinski definition) is 2. The van der Waals surface area contributed by atoms with E-state index in [1.807, 2.05) is 28.8 Å². The van der Waals surface area contributed by atoms with Crippen molar-refractivity contribution in [1.82, 2.24) is 19.9 Å². The first-order valence-corrected chi connectivity index (χ1v) is 9.19. The molecule has 2 aliphatic rings. The van der Waals surface area contributed by atoms with Gasteiger partial charge < -0.3 is 15.2 Å². The Bertz CT molecular complexity index is 989. The lowest BCUT2D eigenvalue weighted by Gasteiger charge is -2.40. The van der Waals surface area contributed by atoms with Gasteiger partial charge in [0.05, 0.1) is 30.5 Å². The zero-order valence-electron chi connectivity index (χ0n) is 14.7. The molecule has 3 aromatic rings. The summed E-state index contributed by atoms with van der Waals surface area (Å²) in [5, 5.41) is 14.4. The van der Waals surface area contributed by atoms with Crippen LogP contribution in [-0.2, 0) is 4.74 Å². The molecule has 2 bridgehead atoms. The van der Waals surface area contributed by atoms with E-state index in [0.29, 0.717) is 24.6 Å². The van der Waals surface area contributed by atoms with E-state index in [4.69, 9.17) is 4.74 Å². The Balaban J connectivity index is 1.77. The highest BCUT2D eigenvalue weighted by molar-refractivity contribution is 6.06. The maximum atomic E-state index is 12.3. The highest BCUT2D eigenvalue weighted by atomic mass is 16.5. The van der Waals surface area contributed by atoms with Gasteiger partial charge in [0, 0.05) is 41.5 Å². The number of carbonyl (C=O) groups is 1. The minimum absolute atomic E-state index is 0.116. The molecule has 0 aliphatic carbocycles. The van der Waals surface area contributed by atoms with E-state index in [1.165, 1.54) is 0 Å². The maximum Gasteiger partial charge on any atom is 0.338 e. The van der Waals surface area contributed by atoms with Crippen LogP contribution in [0.1, 0.15) is 34.8 Å². The van der Waals surface area contributed by atoms with E-state index in [-0.39, 0.29) is 18.0 Å². The molecular formula is C20H20N4O3. The maximum absolute atomic E-state index is 12.3. The predicted molar refractivity (Wildman–Crippen MR) is 99.3 cm³/mol. The third-order valence-corrected chi connectivity index (χ3v) is 5.54. The van der Waals surface area contributed by atoms with Gasteiger partial charge in [0.15, 0.2) is 5.82 Å². The SMILES string of the molecule is O=C(O)c1c(C2CC3COCC(C2)N3)n(-c2cnccn2)c2ccccc12. The van der Waals surface area contributed by atoms with Gasteiger partial charge in [-0.1, -0.05) is 18.2 Å². The molecule has 0 spiro atoms. The quantitative estimate of drug-likeness (QED) is 0.742.